The average Bonchev–Trinajstić information content (AvgIpc) is 2.63. The first-order valence-corrected chi connectivity index (χ1v) is 9.36. The number of carbonyl (C=O) groups excluding carboxylic acids is 1. The van der Waals surface area contributed by atoms with Crippen molar-refractivity contribution in [3.05, 3.63) is 70.5 Å². The Balaban J connectivity index is 1.54. The van der Waals surface area contributed by atoms with Crippen LogP contribution < -0.4 is 5.32 Å². The van der Waals surface area contributed by atoms with Gasteiger partial charge < -0.3 is 5.32 Å². The monoisotopic (exact) mass is 354 g/mol. The summed E-state index contributed by atoms with van der Waals surface area (Å²) >= 11 is 0. The van der Waals surface area contributed by atoms with Crippen molar-refractivity contribution in [1.82, 2.24) is 10.2 Å². The fourth-order valence-electron chi connectivity index (χ4n) is 3.57. The molecule has 1 N–H and O–H groups in total. The van der Waals surface area contributed by atoms with E-state index in [0.717, 1.165) is 23.6 Å². The molecule has 0 radical (unpaired) electrons. The van der Waals surface area contributed by atoms with Gasteiger partial charge >= 0.3 is 0 Å². The molecule has 0 saturated carbocycles. The zero-order chi connectivity index (χ0) is 18.5. The van der Waals surface area contributed by atoms with Crippen LogP contribution in [-0.2, 0) is 13.1 Å². The summed E-state index contributed by atoms with van der Waals surface area (Å²) in [5.74, 6) is 0.148. The van der Waals surface area contributed by atoms with Crippen LogP contribution in [0.4, 0.5) is 4.39 Å². The molecule has 2 aromatic carbocycles. The van der Waals surface area contributed by atoms with Crippen molar-refractivity contribution in [2.75, 3.05) is 13.1 Å². The molecule has 1 heterocycles. The lowest BCUT2D eigenvalue weighted by atomic mass is 9.99. The van der Waals surface area contributed by atoms with Gasteiger partial charge in [-0.3, -0.25) is 9.69 Å². The molecule has 1 amide bonds. The quantitative estimate of drug-likeness (QED) is 0.868. The lowest BCUT2D eigenvalue weighted by Gasteiger charge is -2.30. The fourth-order valence-corrected chi connectivity index (χ4v) is 3.57. The van der Waals surface area contributed by atoms with Gasteiger partial charge in [0, 0.05) is 25.2 Å². The zero-order valence-corrected chi connectivity index (χ0v) is 15.6. The van der Waals surface area contributed by atoms with E-state index >= 15 is 0 Å². The minimum Gasteiger partial charge on any atom is -0.348 e. The number of halogens is 1. The Hall–Kier alpha value is -2.20. The van der Waals surface area contributed by atoms with E-state index < -0.39 is 5.82 Å². The first-order valence-electron chi connectivity index (χ1n) is 9.36. The molecule has 2 aromatic rings. The molecule has 3 rings (SSSR count). The van der Waals surface area contributed by atoms with Crippen LogP contribution in [0.2, 0.25) is 0 Å². The van der Waals surface area contributed by atoms with Crippen molar-refractivity contribution in [3.63, 3.8) is 0 Å². The predicted molar refractivity (Wildman–Crippen MR) is 102 cm³/mol. The number of nitrogens with one attached hydrogen (secondary N) is 1. The van der Waals surface area contributed by atoms with E-state index in [2.05, 4.69) is 41.4 Å². The number of aryl methyl sites for hydroxylation is 1. The highest BCUT2D eigenvalue weighted by Crippen LogP contribution is 2.18. The Kier molecular flexibility index (Phi) is 6.04. The number of hydrogen-bond acceptors (Lipinski definition) is 2. The van der Waals surface area contributed by atoms with E-state index in [1.54, 1.807) is 6.07 Å². The lowest BCUT2D eigenvalue weighted by molar-refractivity contribution is 0.0950. The van der Waals surface area contributed by atoms with Gasteiger partial charge in [0.05, 0.1) is 0 Å². The third-order valence-corrected chi connectivity index (χ3v) is 5.07. The van der Waals surface area contributed by atoms with Crippen LogP contribution in [0.1, 0.15) is 46.8 Å². The van der Waals surface area contributed by atoms with Crippen molar-refractivity contribution in [2.24, 2.45) is 5.92 Å². The zero-order valence-electron chi connectivity index (χ0n) is 15.6. The van der Waals surface area contributed by atoms with Gasteiger partial charge in [0.15, 0.2) is 0 Å². The van der Waals surface area contributed by atoms with Crippen molar-refractivity contribution in [3.8, 4) is 0 Å². The summed E-state index contributed by atoms with van der Waals surface area (Å²) in [6.07, 6.45) is 2.62. The Morgan fingerprint density at radius 2 is 1.92 bits per heavy atom. The van der Waals surface area contributed by atoms with Crippen LogP contribution in [-0.4, -0.2) is 23.9 Å². The van der Waals surface area contributed by atoms with Crippen molar-refractivity contribution < 1.29 is 9.18 Å². The number of rotatable bonds is 5. The average molecular weight is 354 g/mol. The molecule has 138 valence electrons. The summed E-state index contributed by atoms with van der Waals surface area (Å²) in [6, 6.07) is 12.7. The van der Waals surface area contributed by atoms with E-state index in [9.17, 15) is 9.18 Å². The van der Waals surface area contributed by atoms with Crippen molar-refractivity contribution >= 4 is 5.91 Å². The summed E-state index contributed by atoms with van der Waals surface area (Å²) in [5, 5.41) is 2.87. The number of hydrogen-bond donors (Lipinski definition) is 1. The minimum atomic E-state index is -0.392. The number of piperidine rings is 1. The van der Waals surface area contributed by atoms with E-state index in [1.165, 1.54) is 43.6 Å². The van der Waals surface area contributed by atoms with Gasteiger partial charge in [-0.25, -0.2) is 4.39 Å². The van der Waals surface area contributed by atoms with Crippen molar-refractivity contribution in [1.29, 1.82) is 0 Å². The summed E-state index contributed by atoms with van der Waals surface area (Å²) in [7, 11) is 0. The van der Waals surface area contributed by atoms with Gasteiger partial charge in [0.1, 0.15) is 5.82 Å². The van der Waals surface area contributed by atoms with E-state index in [1.807, 2.05) is 6.92 Å². The lowest BCUT2D eigenvalue weighted by Crippen LogP contribution is -2.33. The summed E-state index contributed by atoms with van der Waals surface area (Å²) in [6.45, 7) is 7.90. The molecule has 0 aliphatic carbocycles. The van der Waals surface area contributed by atoms with Gasteiger partial charge in [-0.1, -0.05) is 37.3 Å². The van der Waals surface area contributed by atoms with Gasteiger partial charge in [-0.2, -0.15) is 0 Å². The third-order valence-electron chi connectivity index (χ3n) is 5.07. The summed E-state index contributed by atoms with van der Waals surface area (Å²) in [5.41, 5.74) is 3.51. The topological polar surface area (TPSA) is 32.3 Å². The van der Waals surface area contributed by atoms with Crippen LogP contribution in [0.5, 0.6) is 0 Å². The number of benzene rings is 2. The molecule has 26 heavy (non-hydrogen) atoms. The summed E-state index contributed by atoms with van der Waals surface area (Å²) < 4.78 is 13.3. The molecule has 3 nitrogen and oxygen atoms in total. The van der Waals surface area contributed by atoms with Crippen LogP contribution >= 0.6 is 0 Å². The second kappa shape index (κ2) is 8.45. The maximum Gasteiger partial charge on any atom is 0.251 e. The number of likely N-dealkylation sites (tertiary alicyclic amines) is 1. The van der Waals surface area contributed by atoms with E-state index in [-0.39, 0.29) is 5.91 Å². The molecule has 0 aromatic heterocycles. The van der Waals surface area contributed by atoms with Gasteiger partial charge in [-0.15, -0.1) is 0 Å². The Bertz CT molecular complexity index is 757. The summed E-state index contributed by atoms with van der Waals surface area (Å²) in [4.78, 5) is 14.8. The number of amides is 1. The molecule has 1 unspecified atom stereocenters. The van der Waals surface area contributed by atoms with Gasteiger partial charge in [0.2, 0.25) is 0 Å². The normalized spacial score (nSPS) is 17.9. The Labute approximate surface area is 155 Å². The maximum absolute atomic E-state index is 13.3. The minimum absolute atomic E-state index is 0.242. The maximum atomic E-state index is 13.3. The van der Waals surface area contributed by atoms with Gasteiger partial charge in [-0.05, 0) is 61.1 Å². The molecular formula is C22H27FN2O. The molecule has 1 fully saturated rings. The second-order valence-corrected chi connectivity index (χ2v) is 7.44. The van der Waals surface area contributed by atoms with Crippen LogP contribution in [0.25, 0.3) is 0 Å². The standard InChI is InChI=1S/C22H27FN2O/c1-16-4-3-11-25(14-16)15-19-8-6-18(7-9-19)13-24-22(26)21-12-20(23)10-5-17(21)2/h5-10,12,16H,3-4,11,13-15H2,1-2H3,(H,24,26). The molecule has 1 saturated heterocycles. The highest BCUT2D eigenvalue weighted by Gasteiger charge is 2.16. The highest BCUT2D eigenvalue weighted by molar-refractivity contribution is 5.95. The third kappa shape index (κ3) is 4.92. The molecule has 1 aliphatic heterocycles. The molecular weight excluding hydrogens is 327 g/mol. The first kappa shape index (κ1) is 18.6. The fraction of sp³-hybridized carbons (Fsp3) is 0.409. The molecule has 4 heteroatoms. The first-order chi connectivity index (χ1) is 12.5. The highest BCUT2D eigenvalue weighted by atomic mass is 19.1. The smallest absolute Gasteiger partial charge is 0.251 e. The predicted octanol–water partition coefficient (Wildman–Crippen LogP) is 4.30. The van der Waals surface area contributed by atoms with Crippen LogP contribution in [0, 0.1) is 18.7 Å². The Morgan fingerprint density at radius 3 is 2.65 bits per heavy atom. The van der Waals surface area contributed by atoms with E-state index in [0.29, 0.717) is 12.1 Å². The van der Waals surface area contributed by atoms with Gasteiger partial charge in [0.25, 0.3) is 5.91 Å². The van der Waals surface area contributed by atoms with Crippen molar-refractivity contribution in [2.45, 2.75) is 39.8 Å². The molecule has 1 atom stereocenters. The number of nitrogens with zero attached hydrogens (tertiary/aromatic N) is 1. The molecule has 0 spiro atoms. The number of carbonyl (C=O) groups is 1. The largest absolute Gasteiger partial charge is 0.348 e. The van der Waals surface area contributed by atoms with E-state index in [4.69, 9.17) is 0 Å². The Morgan fingerprint density at radius 1 is 1.19 bits per heavy atom. The molecule has 0 bridgehead atoms. The molecule has 1 aliphatic rings. The van der Waals surface area contributed by atoms with Crippen LogP contribution in [0.3, 0.4) is 0 Å². The SMILES string of the molecule is Cc1ccc(F)cc1C(=O)NCc1ccc(CN2CCCC(C)C2)cc1. The second-order valence-electron chi connectivity index (χ2n) is 7.44. The van der Waals surface area contributed by atoms with Crippen LogP contribution in [0.15, 0.2) is 42.5 Å².